The van der Waals surface area contributed by atoms with Crippen LogP contribution in [-0.4, -0.2) is 213 Å². The number of fused-ring (bicyclic) bond motifs is 4. The molecule has 8 aromatic heterocycles. The number of aromatic nitrogens is 12. The second kappa shape index (κ2) is 40.6. The molecule has 136 heavy (non-hydrogen) atoms. The molecule has 720 valence electrons. The standard InChI is InChI=1S/C23H24Cl2N6O2S.C22H26Cl2N6O4S2.C22H22Cl2N6OS.C21H24Cl2N6O3S2/c1-13-21(27)23(12-33-13)5-7-30(8-6-23)18-9-14(10-26)20(22-29-28-17(11-32)31(18)22)34-16-4-2-3-15(24)19(16)25;1-12-20(25)22(11-34-12)5-7-29(8-6-22)17-9-15(36(26,32)33)19(21-28-27-16(10-31)30(17)21)35-14-4-2-3-13(23)18(14)24;1-13-20(26)22(11-31-13)5-7-29(8-6-22)17-9-14(10-25)19(21-27-12-28-30(17)21)32-16-4-2-3-15(23)18(16)24;1-12-19(24)21(10-32-12)5-7-28(8-6-21)16-9-15(34(25,30)31)18(20-26-11-27-29(16)20)33-14-4-2-3-13(22)17(14)23/h2-4,9,13,21,32H,5-8,11-12,27H2,1H3;2-4,9,12,20,31H,5-8,10-11,25H2,1H3,(H2,26,32,33);2-4,9,12-13,20H,5-8,11,26H2,1H3;2-4,9,11-12,19H,5-8,10,24H2,1H3,(H2,25,30,31)/t13-,21+;12-,20+;13-,20+;12-,19+/m0000/s1. The number of ether oxygens (including phenoxy) is 4. The van der Waals surface area contributed by atoms with Gasteiger partial charge >= 0.3 is 0 Å². The predicted molar refractivity (Wildman–Crippen MR) is 527 cm³/mol. The molecule has 4 aromatic carbocycles. The van der Waals surface area contributed by atoms with Crippen LogP contribution in [0.4, 0.5) is 23.3 Å². The summed E-state index contributed by atoms with van der Waals surface area (Å²) in [5.74, 6) is 3.44. The normalized spacial score (nSPS) is 22.3. The van der Waals surface area contributed by atoms with E-state index in [1.54, 1.807) is 74.1 Å². The quantitative estimate of drug-likeness (QED) is 0.0445. The van der Waals surface area contributed by atoms with E-state index >= 15 is 0 Å². The Morgan fingerprint density at radius 3 is 0.971 bits per heavy atom. The second-order valence-electron chi connectivity index (χ2n) is 35.2. The summed E-state index contributed by atoms with van der Waals surface area (Å²) < 4.78 is 81.2. The largest absolute Gasteiger partial charge is 0.388 e. The molecular formula is C88H96Cl8N24O10S6. The van der Waals surface area contributed by atoms with Crippen LogP contribution in [0.2, 0.25) is 40.2 Å². The van der Waals surface area contributed by atoms with Crippen molar-refractivity contribution in [1.82, 2.24) is 58.4 Å². The number of primary sulfonamides is 2. The molecule has 8 aliphatic heterocycles. The molecule has 20 rings (SSSR count). The Hall–Kier alpha value is -7.32. The van der Waals surface area contributed by atoms with Gasteiger partial charge in [0.05, 0.1) is 122 Å². The third kappa shape index (κ3) is 19.2. The molecule has 0 bridgehead atoms. The molecule has 14 N–H and O–H groups in total. The van der Waals surface area contributed by atoms with Crippen molar-refractivity contribution in [3.05, 3.63) is 173 Å². The first-order chi connectivity index (χ1) is 65.0. The van der Waals surface area contributed by atoms with Gasteiger partial charge in [0.25, 0.3) is 0 Å². The Morgan fingerprint density at radius 2 is 0.669 bits per heavy atom. The van der Waals surface area contributed by atoms with Crippen LogP contribution in [0, 0.1) is 44.3 Å². The molecule has 0 radical (unpaired) electrons. The van der Waals surface area contributed by atoms with E-state index in [0.717, 1.165) is 118 Å². The van der Waals surface area contributed by atoms with Gasteiger partial charge in [-0.3, -0.25) is 8.80 Å². The van der Waals surface area contributed by atoms with Gasteiger partial charge in [-0.25, -0.2) is 37.1 Å². The van der Waals surface area contributed by atoms with E-state index in [1.807, 2.05) is 67.3 Å². The number of sulfonamides is 2. The SMILES string of the molecule is C[C@@H]1OCC2(CCN(c3cc(C#N)c(Sc4cccc(Cl)c4Cl)c4ncnn34)CC2)[C@@H]1N.C[C@@H]1OCC2(CCN(c3cc(C#N)c(Sc4cccc(Cl)c4Cl)c4nnc(CO)n34)CC2)[C@@H]1N.C[C@@H]1OCC2(CCN(c3cc(S(N)(=O)=O)c(Sc4cccc(Cl)c4Cl)c4ncnn34)CC2)[C@@H]1N.C[C@@H]1OCC2(CCN(c3cc(S(N)(=O)=O)c(Sc4cccc(Cl)c4Cl)c4nnc(CO)n34)CC2)[C@@H]1N. The summed E-state index contributed by atoms with van der Waals surface area (Å²) in [6, 6.07) is 32.4. The minimum Gasteiger partial charge on any atom is -0.388 e. The third-order valence-corrected chi connectivity index (χ3v) is 38.2. The Bertz CT molecular complexity index is 6910. The monoisotopic (exact) mass is 2120 g/mol. The molecule has 8 atom stereocenters. The molecule has 0 amide bonds. The average molecular weight is 2130 g/mol. The number of benzene rings is 4. The number of nitriles is 2. The van der Waals surface area contributed by atoms with Gasteiger partial charge in [0.1, 0.15) is 71.1 Å². The van der Waals surface area contributed by atoms with Crippen LogP contribution in [0.1, 0.15) is 102 Å². The van der Waals surface area contributed by atoms with Crippen molar-refractivity contribution < 1.29 is 46.0 Å². The number of pyridine rings is 4. The van der Waals surface area contributed by atoms with Crippen molar-refractivity contribution in [2.75, 3.05) is 98.4 Å². The highest BCUT2D eigenvalue weighted by molar-refractivity contribution is 8.01. The zero-order valence-electron chi connectivity index (χ0n) is 73.7. The number of piperidine rings is 4. The van der Waals surface area contributed by atoms with Crippen molar-refractivity contribution in [3.63, 3.8) is 0 Å². The number of nitrogens with two attached hydrogens (primary N) is 6. The number of anilines is 4. The first kappa shape index (κ1) is 100. The maximum atomic E-state index is 12.8. The number of nitrogens with zero attached hydrogens (tertiary/aromatic N) is 18. The van der Waals surface area contributed by atoms with Gasteiger partial charge in [-0.15, -0.1) is 20.4 Å². The molecule has 0 unspecified atom stereocenters. The lowest BCUT2D eigenvalue weighted by Crippen LogP contribution is -2.51. The van der Waals surface area contributed by atoms with E-state index in [-0.39, 0.29) is 115 Å². The number of hydrogen-bond donors (Lipinski definition) is 8. The molecule has 12 aromatic rings. The first-order valence-electron chi connectivity index (χ1n) is 43.6. The minimum atomic E-state index is -4.17. The zero-order valence-corrected chi connectivity index (χ0v) is 84.7. The van der Waals surface area contributed by atoms with Gasteiger partial charge in [-0.05, 0) is 140 Å². The Kier molecular flexibility index (Phi) is 29.9. The van der Waals surface area contributed by atoms with Gasteiger partial charge < -0.3 is 71.7 Å². The first-order valence-corrected chi connectivity index (χ1v) is 53.0. The highest BCUT2D eigenvalue weighted by Gasteiger charge is 2.52. The van der Waals surface area contributed by atoms with Crippen molar-refractivity contribution >= 4 is 206 Å². The molecule has 48 heteroatoms. The lowest BCUT2D eigenvalue weighted by atomic mass is 9.73. The lowest BCUT2D eigenvalue weighted by Gasteiger charge is -2.42. The molecule has 16 heterocycles. The predicted octanol–water partition coefficient (Wildman–Crippen LogP) is 14.1. The molecular weight excluding hydrogens is 2030 g/mol. The third-order valence-electron chi connectivity index (χ3n) is 27.6. The van der Waals surface area contributed by atoms with Gasteiger partial charge in [0.2, 0.25) is 20.0 Å². The van der Waals surface area contributed by atoms with E-state index in [9.17, 15) is 37.6 Å². The molecule has 8 aliphatic rings. The lowest BCUT2D eigenvalue weighted by molar-refractivity contribution is 0.0973. The van der Waals surface area contributed by atoms with Gasteiger partial charge in [-0.2, -0.15) is 29.8 Å². The molecule has 8 saturated heterocycles. The highest BCUT2D eigenvalue weighted by atomic mass is 35.5. The van der Waals surface area contributed by atoms with Crippen LogP contribution >= 0.6 is 140 Å². The number of aliphatic hydroxyl groups is 2. The number of hydrogen-bond acceptors (Lipinski definition) is 32. The summed E-state index contributed by atoms with van der Waals surface area (Å²) in [5, 5.41) is 80.0. The fourth-order valence-corrected chi connectivity index (χ4v) is 27.4. The highest BCUT2D eigenvalue weighted by Crippen LogP contribution is 2.52. The topological polar surface area (TPSA) is 483 Å². The molecule has 8 fully saturated rings. The second-order valence-corrected chi connectivity index (χ2v) is 45.6. The van der Waals surface area contributed by atoms with Crippen LogP contribution in [0.15, 0.2) is 159 Å². The fourth-order valence-electron chi connectivity index (χ4n) is 19.4. The van der Waals surface area contributed by atoms with Gasteiger partial charge in [0.15, 0.2) is 34.2 Å². The van der Waals surface area contributed by atoms with E-state index < -0.39 is 20.0 Å². The number of aliphatic hydroxyl groups excluding tert-OH is 2. The average Bonchev–Trinajstić information content (AvgIpc) is 1.55. The summed E-state index contributed by atoms with van der Waals surface area (Å²) in [7, 11) is -8.26. The molecule has 0 saturated carbocycles. The van der Waals surface area contributed by atoms with Crippen LogP contribution in [-0.2, 0) is 52.2 Å². The van der Waals surface area contributed by atoms with E-state index in [0.29, 0.717) is 163 Å². The van der Waals surface area contributed by atoms with Gasteiger partial charge in [-0.1, -0.05) is 164 Å². The van der Waals surface area contributed by atoms with Crippen LogP contribution < -0.4 is 52.8 Å². The van der Waals surface area contributed by atoms with Crippen LogP contribution in [0.25, 0.3) is 22.6 Å². The Balaban J connectivity index is 0.000000126. The summed E-state index contributed by atoms with van der Waals surface area (Å²) in [4.78, 5) is 21.7. The molecule has 0 aliphatic carbocycles. The van der Waals surface area contributed by atoms with Crippen LogP contribution in [0.5, 0.6) is 0 Å². The summed E-state index contributed by atoms with van der Waals surface area (Å²) in [5.41, 5.74) is 28.4. The van der Waals surface area contributed by atoms with E-state index in [2.05, 4.69) is 67.4 Å². The van der Waals surface area contributed by atoms with Crippen molar-refractivity contribution in [3.8, 4) is 12.1 Å². The van der Waals surface area contributed by atoms with Crippen molar-refractivity contribution in [2.24, 2.45) is 54.9 Å². The summed E-state index contributed by atoms with van der Waals surface area (Å²) in [6.45, 7) is 15.7. The van der Waals surface area contributed by atoms with Gasteiger partial charge in [0, 0.05) is 130 Å². The maximum absolute atomic E-state index is 12.8. The van der Waals surface area contributed by atoms with E-state index in [1.165, 1.54) is 42.2 Å². The maximum Gasteiger partial charge on any atom is 0.239 e. The van der Waals surface area contributed by atoms with Crippen molar-refractivity contribution in [2.45, 2.75) is 190 Å². The Morgan fingerprint density at radius 1 is 0.404 bits per heavy atom. The fraction of sp³-hybridized carbons (Fsp3) is 0.432. The molecule has 34 nitrogen and oxygen atoms in total. The zero-order chi connectivity index (χ0) is 96.6. The van der Waals surface area contributed by atoms with Crippen LogP contribution in [0.3, 0.4) is 0 Å². The number of rotatable bonds is 16. The van der Waals surface area contributed by atoms with E-state index in [4.69, 9.17) is 145 Å². The summed E-state index contributed by atoms with van der Waals surface area (Å²) in [6.07, 6.45) is 9.90. The minimum absolute atomic E-state index is 0.00785. The smallest absolute Gasteiger partial charge is 0.239 e. The summed E-state index contributed by atoms with van der Waals surface area (Å²) >= 11 is 55.1. The van der Waals surface area contributed by atoms with Crippen molar-refractivity contribution in [1.29, 1.82) is 10.5 Å². The number of halogens is 8. The Labute approximate surface area is 841 Å². The molecule has 4 spiro atoms.